The number of carbonyl (C=O) groups is 2. The van der Waals surface area contributed by atoms with Gasteiger partial charge in [0.1, 0.15) is 0 Å². The minimum atomic E-state index is -3.29. The fraction of sp³-hybridized carbons (Fsp3) is 0.667. The number of rotatable bonds is 10. The highest BCUT2D eigenvalue weighted by molar-refractivity contribution is 7.81. The summed E-state index contributed by atoms with van der Waals surface area (Å²) in [6.07, 6.45) is 3.93. The summed E-state index contributed by atoms with van der Waals surface area (Å²) in [7, 11) is 0. The zero-order valence-corrected chi connectivity index (χ0v) is 11.5. The number of carbonyl (C=O) groups excluding carboxylic acids is 2. The molecule has 0 saturated heterocycles. The summed E-state index contributed by atoms with van der Waals surface area (Å²) >= 11 is 2.94. The van der Waals surface area contributed by atoms with E-state index in [4.69, 9.17) is 4.74 Å². The molecule has 0 atom stereocenters. The third-order valence-corrected chi connectivity index (χ3v) is 2.22. The fourth-order valence-electron chi connectivity index (χ4n) is 1.20. The average molecular weight is 296 g/mol. The third-order valence-electron chi connectivity index (χ3n) is 2.09. The van der Waals surface area contributed by atoms with Crippen molar-refractivity contribution in [3.05, 3.63) is 12.7 Å². The normalized spacial score (nSPS) is 10.9. The molecule has 0 bridgehead atoms. The van der Waals surface area contributed by atoms with Crippen LogP contribution in [0.4, 0.5) is 8.78 Å². The molecule has 19 heavy (non-hydrogen) atoms. The van der Waals surface area contributed by atoms with Gasteiger partial charge < -0.3 is 9.47 Å². The highest BCUT2D eigenvalue weighted by Crippen LogP contribution is 2.18. The number of alkyl halides is 2. The lowest BCUT2D eigenvalue weighted by molar-refractivity contribution is -0.149. The van der Waals surface area contributed by atoms with E-state index in [-0.39, 0.29) is 6.42 Å². The van der Waals surface area contributed by atoms with Crippen molar-refractivity contribution in [3.63, 3.8) is 0 Å². The zero-order chi connectivity index (χ0) is 14.7. The molecule has 0 aliphatic rings. The molecule has 0 aromatic heterocycles. The van der Waals surface area contributed by atoms with E-state index in [1.165, 1.54) is 0 Å². The molecule has 0 rings (SSSR count). The molecular formula is C12H18F2O4S. The van der Waals surface area contributed by atoms with E-state index in [1.54, 1.807) is 0 Å². The maximum Gasteiger partial charge on any atom is 0.330 e. The Hall–Kier alpha value is -1.11. The summed E-state index contributed by atoms with van der Waals surface area (Å²) in [5, 5.41) is -3.29. The van der Waals surface area contributed by atoms with Gasteiger partial charge in [0.2, 0.25) is 0 Å². The van der Waals surface area contributed by atoms with Crippen LogP contribution in [-0.2, 0) is 19.1 Å². The van der Waals surface area contributed by atoms with Crippen LogP contribution in [0.5, 0.6) is 0 Å². The summed E-state index contributed by atoms with van der Waals surface area (Å²) in [5.41, 5.74) is 0. The molecule has 7 heteroatoms. The molecule has 0 spiro atoms. The van der Waals surface area contributed by atoms with E-state index in [9.17, 15) is 18.4 Å². The van der Waals surface area contributed by atoms with Crippen molar-refractivity contribution in [2.75, 3.05) is 13.2 Å². The first kappa shape index (κ1) is 17.9. The summed E-state index contributed by atoms with van der Waals surface area (Å²) in [6, 6.07) is 0. The molecule has 110 valence electrons. The molecule has 0 saturated carbocycles. The third kappa shape index (κ3) is 13.1. The molecule has 0 fully saturated rings. The summed E-state index contributed by atoms with van der Waals surface area (Å²) < 4.78 is 33.6. The van der Waals surface area contributed by atoms with Gasteiger partial charge in [-0.05, 0) is 12.8 Å². The topological polar surface area (TPSA) is 52.6 Å². The summed E-state index contributed by atoms with van der Waals surface area (Å²) in [6.45, 7) is 2.56. The molecule has 4 nitrogen and oxygen atoms in total. The molecular weight excluding hydrogens is 278 g/mol. The highest BCUT2D eigenvalue weighted by atomic mass is 32.1. The molecule has 0 aromatic carbocycles. The molecule has 0 aliphatic carbocycles. The minimum Gasteiger partial charge on any atom is -0.463 e. The Bertz CT molecular complexity index is 303. The van der Waals surface area contributed by atoms with Crippen LogP contribution in [-0.4, -0.2) is 30.4 Å². The van der Waals surface area contributed by atoms with Gasteiger partial charge in [0.15, 0.2) is 6.61 Å². The number of halogens is 2. The summed E-state index contributed by atoms with van der Waals surface area (Å²) in [4.78, 5) is 21.7. The predicted octanol–water partition coefficient (Wildman–Crippen LogP) is 2.73. The molecule has 0 radical (unpaired) electrons. The molecule has 0 unspecified atom stereocenters. The van der Waals surface area contributed by atoms with Gasteiger partial charge in [-0.25, -0.2) is 4.79 Å². The lowest BCUT2D eigenvalue weighted by atomic mass is 10.1. The van der Waals surface area contributed by atoms with Crippen LogP contribution in [0.3, 0.4) is 0 Å². The quantitative estimate of drug-likeness (QED) is 0.291. The Labute approximate surface area is 116 Å². The minimum absolute atomic E-state index is 0.0936. The SMILES string of the molecule is C=CC(=O)OCCCCCCC(=O)OCC(F)(F)S. The Morgan fingerprint density at radius 2 is 1.79 bits per heavy atom. The van der Waals surface area contributed by atoms with Crippen LogP contribution >= 0.6 is 12.6 Å². The van der Waals surface area contributed by atoms with Gasteiger partial charge in [-0.1, -0.05) is 19.4 Å². The van der Waals surface area contributed by atoms with Gasteiger partial charge >= 0.3 is 17.2 Å². The Balaban J connectivity index is 3.37. The van der Waals surface area contributed by atoms with Crippen LogP contribution in [0, 0.1) is 0 Å². The number of hydrogen-bond acceptors (Lipinski definition) is 5. The van der Waals surface area contributed by atoms with Crippen molar-refractivity contribution in [1.29, 1.82) is 0 Å². The Morgan fingerprint density at radius 3 is 2.37 bits per heavy atom. The number of esters is 2. The lowest BCUT2D eigenvalue weighted by Gasteiger charge is -2.09. The van der Waals surface area contributed by atoms with Crippen molar-refractivity contribution in [2.24, 2.45) is 0 Å². The van der Waals surface area contributed by atoms with E-state index in [2.05, 4.69) is 23.9 Å². The first-order valence-electron chi connectivity index (χ1n) is 5.90. The molecule has 0 heterocycles. The van der Waals surface area contributed by atoms with Crippen molar-refractivity contribution in [2.45, 2.75) is 37.4 Å². The fourth-order valence-corrected chi connectivity index (χ4v) is 1.26. The van der Waals surface area contributed by atoms with E-state index >= 15 is 0 Å². The van der Waals surface area contributed by atoms with Gasteiger partial charge in [-0.15, -0.1) is 12.6 Å². The molecule has 0 aromatic rings. The van der Waals surface area contributed by atoms with Gasteiger partial charge in [0, 0.05) is 12.5 Å². The van der Waals surface area contributed by atoms with Gasteiger partial charge in [0.05, 0.1) is 6.61 Å². The van der Waals surface area contributed by atoms with E-state index in [0.717, 1.165) is 18.9 Å². The van der Waals surface area contributed by atoms with Gasteiger partial charge in [-0.3, -0.25) is 4.79 Å². The van der Waals surface area contributed by atoms with Gasteiger partial charge in [0.25, 0.3) is 0 Å². The highest BCUT2D eigenvalue weighted by Gasteiger charge is 2.24. The Morgan fingerprint density at radius 1 is 1.16 bits per heavy atom. The van der Waals surface area contributed by atoms with E-state index in [0.29, 0.717) is 19.4 Å². The largest absolute Gasteiger partial charge is 0.463 e. The number of ether oxygens (including phenoxy) is 2. The maximum absolute atomic E-state index is 12.2. The van der Waals surface area contributed by atoms with E-state index < -0.39 is 23.8 Å². The predicted molar refractivity (Wildman–Crippen MR) is 69.1 cm³/mol. The second-order valence-corrected chi connectivity index (χ2v) is 4.52. The van der Waals surface area contributed by atoms with Crippen molar-refractivity contribution >= 4 is 24.6 Å². The first-order chi connectivity index (χ1) is 8.85. The monoisotopic (exact) mass is 296 g/mol. The number of hydrogen-bond donors (Lipinski definition) is 1. The van der Waals surface area contributed by atoms with Crippen molar-refractivity contribution in [1.82, 2.24) is 0 Å². The molecule has 0 aliphatic heterocycles. The number of thiol groups is 1. The van der Waals surface area contributed by atoms with Crippen LogP contribution in [0.15, 0.2) is 12.7 Å². The summed E-state index contributed by atoms with van der Waals surface area (Å²) in [5.74, 6) is -1.12. The Kier molecular flexibility index (Phi) is 9.20. The molecule has 0 N–H and O–H groups in total. The van der Waals surface area contributed by atoms with Crippen LogP contribution in [0.1, 0.15) is 32.1 Å². The smallest absolute Gasteiger partial charge is 0.330 e. The average Bonchev–Trinajstić information content (AvgIpc) is 2.34. The zero-order valence-electron chi connectivity index (χ0n) is 10.6. The van der Waals surface area contributed by atoms with Crippen molar-refractivity contribution in [3.8, 4) is 0 Å². The maximum atomic E-state index is 12.2. The van der Waals surface area contributed by atoms with Crippen LogP contribution < -0.4 is 0 Å². The van der Waals surface area contributed by atoms with Gasteiger partial charge in [-0.2, -0.15) is 8.78 Å². The van der Waals surface area contributed by atoms with Crippen molar-refractivity contribution < 1.29 is 27.8 Å². The second-order valence-electron chi connectivity index (χ2n) is 3.86. The second kappa shape index (κ2) is 9.77. The lowest BCUT2D eigenvalue weighted by Crippen LogP contribution is -2.19. The first-order valence-corrected chi connectivity index (χ1v) is 6.35. The van der Waals surface area contributed by atoms with E-state index in [1.807, 2.05) is 0 Å². The van der Waals surface area contributed by atoms with Crippen LogP contribution in [0.25, 0.3) is 0 Å². The molecule has 0 amide bonds. The van der Waals surface area contributed by atoms with Crippen LogP contribution in [0.2, 0.25) is 0 Å². The number of unbranched alkanes of at least 4 members (excludes halogenated alkanes) is 3. The standard InChI is InChI=1S/C12H18F2O4S/c1-2-10(15)17-8-6-4-3-5-7-11(16)18-9-12(13,14)19/h2,19H,1,3-9H2.